The van der Waals surface area contributed by atoms with Crippen LogP contribution in [0.4, 0.5) is 0 Å². The number of allylic oxidation sites excluding steroid dienone is 1. The lowest BCUT2D eigenvalue weighted by atomic mass is 10.0. The van der Waals surface area contributed by atoms with E-state index in [1.165, 1.54) is 11.0 Å². The van der Waals surface area contributed by atoms with Gasteiger partial charge in [-0.15, -0.1) is 0 Å². The van der Waals surface area contributed by atoms with Crippen LogP contribution in [0, 0.1) is 18.3 Å². The monoisotopic (exact) mass is 392 g/mol. The molecule has 0 bridgehead atoms. The number of carbonyl (C=O) groups excluding carboxylic acids is 2. The number of amides is 1. The SMILES string of the molecule is CCOc1cc(/C=C(\C#N)C(=O)c2cccc(C)c2)ccc1OCC(=O)N(C)C. The fraction of sp³-hybridized carbons (Fsp3) is 0.261. The van der Waals surface area contributed by atoms with E-state index in [0.29, 0.717) is 29.2 Å². The molecule has 0 atom stereocenters. The highest BCUT2D eigenvalue weighted by Gasteiger charge is 2.14. The number of rotatable bonds is 8. The zero-order valence-electron chi connectivity index (χ0n) is 17.1. The first-order valence-electron chi connectivity index (χ1n) is 9.18. The van der Waals surface area contributed by atoms with E-state index in [0.717, 1.165) is 5.56 Å². The van der Waals surface area contributed by atoms with Gasteiger partial charge in [0.25, 0.3) is 5.91 Å². The molecule has 0 aliphatic rings. The smallest absolute Gasteiger partial charge is 0.259 e. The van der Waals surface area contributed by atoms with Gasteiger partial charge in [0.05, 0.1) is 6.61 Å². The largest absolute Gasteiger partial charge is 0.490 e. The van der Waals surface area contributed by atoms with Crippen molar-refractivity contribution in [2.75, 3.05) is 27.3 Å². The summed E-state index contributed by atoms with van der Waals surface area (Å²) < 4.78 is 11.2. The Kier molecular flexibility index (Phi) is 7.55. The number of hydrogen-bond donors (Lipinski definition) is 0. The minimum Gasteiger partial charge on any atom is -0.490 e. The molecule has 0 heterocycles. The molecule has 150 valence electrons. The van der Waals surface area contributed by atoms with Crippen LogP contribution in [0.25, 0.3) is 6.08 Å². The second-order valence-electron chi connectivity index (χ2n) is 6.58. The highest BCUT2D eigenvalue weighted by molar-refractivity contribution is 6.14. The molecule has 2 aromatic rings. The number of ether oxygens (including phenoxy) is 2. The van der Waals surface area contributed by atoms with E-state index in [1.807, 2.05) is 26.0 Å². The summed E-state index contributed by atoms with van der Waals surface area (Å²) in [6, 6.07) is 14.1. The first-order chi connectivity index (χ1) is 13.8. The number of aryl methyl sites for hydroxylation is 1. The fourth-order valence-corrected chi connectivity index (χ4v) is 2.53. The summed E-state index contributed by atoms with van der Waals surface area (Å²) in [7, 11) is 3.30. The second kappa shape index (κ2) is 10.1. The van der Waals surface area contributed by atoms with Gasteiger partial charge in [-0.25, -0.2) is 0 Å². The molecule has 2 rings (SSSR count). The van der Waals surface area contributed by atoms with Crippen LogP contribution in [0.5, 0.6) is 11.5 Å². The van der Waals surface area contributed by atoms with Crippen molar-refractivity contribution in [1.82, 2.24) is 4.90 Å². The number of nitriles is 1. The standard InChI is InChI=1S/C23H24N2O4/c1-5-28-21-13-17(9-10-20(21)29-15-22(26)25(3)4)12-19(14-24)23(27)18-8-6-7-16(2)11-18/h6-13H,5,15H2,1-4H3/b19-12+. The first-order valence-corrected chi connectivity index (χ1v) is 9.18. The molecule has 0 spiro atoms. The molecule has 1 amide bonds. The molecule has 0 N–H and O–H groups in total. The maximum absolute atomic E-state index is 12.7. The van der Waals surface area contributed by atoms with Crippen LogP contribution in [-0.4, -0.2) is 43.9 Å². The predicted molar refractivity (Wildman–Crippen MR) is 111 cm³/mol. The van der Waals surface area contributed by atoms with Gasteiger partial charge in [-0.2, -0.15) is 5.26 Å². The van der Waals surface area contributed by atoms with Crippen molar-refractivity contribution < 1.29 is 19.1 Å². The number of carbonyl (C=O) groups is 2. The van der Waals surface area contributed by atoms with E-state index in [2.05, 4.69) is 0 Å². The predicted octanol–water partition coefficient (Wildman–Crippen LogP) is 3.65. The maximum Gasteiger partial charge on any atom is 0.259 e. The lowest BCUT2D eigenvalue weighted by Crippen LogP contribution is -2.27. The third kappa shape index (κ3) is 5.94. The summed E-state index contributed by atoms with van der Waals surface area (Å²) in [6.07, 6.45) is 1.52. The Morgan fingerprint density at radius 3 is 2.48 bits per heavy atom. The average molecular weight is 392 g/mol. The fourth-order valence-electron chi connectivity index (χ4n) is 2.53. The Balaban J connectivity index is 2.30. The Labute approximate surface area is 171 Å². The molecule has 6 heteroatoms. The van der Waals surface area contributed by atoms with Crippen molar-refractivity contribution in [2.45, 2.75) is 13.8 Å². The van der Waals surface area contributed by atoms with Crippen LogP contribution >= 0.6 is 0 Å². The summed E-state index contributed by atoms with van der Waals surface area (Å²) in [5, 5.41) is 9.48. The average Bonchev–Trinajstić information content (AvgIpc) is 2.70. The molecule has 0 aliphatic heterocycles. The van der Waals surface area contributed by atoms with Gasteiger partial charge in [-0.05, 0) is 43.7 Å². The summed E-state index contributed by atoms with van der Waals surface area (Å²) in [5.74, 6) is 0.342. The van der Waals surface area contributed by atoms with Gasteiger partial charge < -0.3 is 14.4 Å². The molecule has 29 heavy (non-hydrogen) atoms. The van der Waals surface area contributed by atoms with Crippen molar-refractivity contribution in [3.63, 3.8) is 0 Å². The summed E-state index contributed by atoms with van der Waals surface area (Å²) >= 11 is 0. The van der Waals surface area contributed by atoms with E-state index in [-0.39, 0.29) is 23.9 Å². The number of hydrogen-bond acceptors (Lipinski definition) is 5. The zero-order valence-corrected chi connectivity index (χ0v) is 17.1. The van der Waals surface area contributed by atoms with Gasteiger partial charge in [0.1, 0.15) is 11.6 Å². The minimum absolute atomic E-state index is 0.0227. The van der Waals surface area contributed by atoms with Gasteiger partial charge in [0, 0.05) is 19.7 Å². The molecule has 0 radical (unpaired) electrons. The van der Waals surface area contributed by atoms with Crippen molar-refractivity contribution in [2.24, 2.45) is 0 Å². The number of Topliss-reactive ketones (excluding diaryl/α,β-unsaturated/α-hetero) is 1. The van der Waals surface area contributed by atoms with E-state index >= 15 is 0 Å². The summed E-state index contributed by atoms with van der Waals surface area (Å²) in [6.45, 7) is 4.01. The molecule has 2 aromatic carbocycles. The van der Waals surface area contributed by atoms with Crippen LogP contribution in [0.2, 0.25) is 0 Å². The van der Waals surface area contributed by atoms with Gasteiger partial charge in [-0.3, -0.25) is 9.59 Å². The molecular weight excluding hydrogens is 368 g/mol. The number of benzene rings is 2. The van der Waals surface area contributed by atoms with E-state index in [9.17, 15) is 14.9 Å². The number of ketones is 1. The van der Waals surface area contributed by atoms with Crippen LogP contribution in [-0.2, 0) is 4.79 Å². The van der Waals surface area contributed by atoms with Crippen molar-refractivity contribution in [1.29, 1.82) is 5.26 Å². The van der Waals surface area contributed by atoms with Crippen molar-refractivity contribution >= 4 is 17.8 Å². The van der Waals surface area contributed by atoms with Gasteiger partial charge in [0.2, 0.25) is 5.78 Å². The molecule has 0 saturated heterocycles. The lowest BCUT2D eigenvalue weighted by molar-refractivity contribution is -0.130. The summed E-state index contributed by atoms with van der Waals surface area (Å²) in [4.78, 5) is 25.8. The molecule has 0 aliphatic carbocycles. The highest BCUT2D eigenvalue weighted by Crippen LogP contribution is 2.29. The molecule has 6 nitrogen and oxygen atoms in total. The Hall–Kier alpha value is -3.59. The normalized spacial score (nSPS) is 10.8. The van der Waals surface area contributed by atoms with Crippen LogP contribution in [0.3, 0.4) is 0 Å². The van der Waals surface area contributed by atoms with Crippen molar-refractivity contribution in [3.05, 3.63) is 64.7 Å². The van der Waals surface area contributed by atoms with E-state index in [4.69, 9.17) is 9.47 Å². The van der Waals surface area contributed by atoms with Gasteiger partial charge in [0.15, 0.2) is 18.1 Å². The second-order valence-corrected chi connectivity index (χ2v) is 6.58. The van der Waals surface area contributed by atoms with Gasteiger partial charge in [-0.1, -0.05) is 29.8 Å². The zero-order chi connectivity index (χ0) is 21.4. The van der Waals surface area contributed by atoms with Crippen LogP contribution < -0.4 is 9.47 Å². The molecular formula is C23H24N2O4. The number of likely N-dealkylation sites (N-methyl/N-ethyl adjacent to an activating group) is 1. The topological polar surface area (TPSA) is 79.6 Å². The molecule has 0 unspecified atom stereocenters. The molecule has 0 aromatic heterocycles. The lowest BCUT2D eigenvalue weighted by Gasteiger charge is -2.14. The quantitative estimate of drug-likeness (QED) is 0.389. The first kappa shape index (κ1) is 21.7. The third-order valence-corrected chi connectivity index (χ3v) is 4.07. The van der Waals surface area contributed by atoms with Crippen LogP contribution in [0.15, 0.2) is 48.0 Å². The van der Waals surface area contributed by atoms with Crippen LogP contribution in [0.1, 0.15) is 28.4 Å². The Morgan fingerprint density at radius 2 is 1.86 bits per heavy atom. The molecule has 0 saturated carbocycles. The Bertz CT molecular complexity index is 971. The summed E-state index contributed by atoms with van der Waals surface area (Å²) in [5.41, 5.74) is 2.05. The van der Waals surface area contributed by atoms with E-state index in [1.54, 1.807) is 50.5 Å². The minimum atomic E-state index is -0.342. The van der Waals surface area contributed by atoms with Gasteiger partial charge >= 0.3 is 0 Å². The Morgan fingerprint density at radius 1 is 1.10 bits per heavy atom. The van der Waals surface area contributed by atoms with E-state index < -0.39 is 0 Å². The number of nitrogens with zero attached hydrogens (tertiary/aromatic N) is 2. The maximum atomic E-state index is 12.7. The highest BCUT2D eigenvalue weighted by atomic mass is 16.5. The molecule has 0 fully saturated rings. The van der Waals surface area contributed by atoms with Crippen molar-refractivity contribution in [3.8, 4) is 17.6 Å². The third-order valence-electron chi connectivity index (χ3n) is 4.07.